The summed E-state index contributed by atoms with van der Waals surface area (Å²) >= 11 is 0. The van der Waals surface area contributed by atoms with Crippen LogP contribution >= 0.6 is 0 Å². The van der Waals surface area contributed by atoms with E-state index in [-0.39, 0.29) is 0 Å². The summed E-state index contributed by atoms with van der Waals surface area (Å²) in [4.78, 5) is 10.9. The number of aryl methyl sites for hydroxylation is 1. The lowest BCUT2D eigenvalue weighted by atomic mass is 10.1. The molecule has 3 nitrogen and oxygen atoms in total. The molecule has 1 N–H and O–H groups in total. The largest absolute Gasteiger partial charge is 0.494 e. The second-order valence-corrected chi connectivity index (χ2v) is 5.24. The van der Waals surface area contributed by atoms with E-state index in [4.69, 9.17) is 9.84 Å². The lowest BCUT2D eigenvalue weighted by molar-refractivity contribution is 0.0696. The molecule has 0 heterocycles. The van der Waals surface area contributed by atoms with Gasteiger partial charge in [-0.3, -0.25) is 0 Å². The van der Waals surface area contributed by atoms with E-state index in [1.54, 1.807) is 25.1 Å². The fourth-order valence-corrected chi connectivity index (χ4v) is 2.10. The number of aromatic carboxylic acids is 1. The van der Waals surface area contributed by atoms with Crippen LogP contribution in [0.3, 0.4) is 0 Å². The average Bonchev–Trinajstić information content (AvgIpc) is 2.45. The van der Waals surface area contributed by atoms with Crippen molar-refractivity contribution in [1.29, 1.82) is 0 Å². The summed E-state index contributed by atoms with van der Waals surface area (Å²) in [5, 5.41) is 8.96. The third-order valence-corrected chi connectivity index (χ3v) is 3.35. The molecule has 0 saturated heterocycles. The zero-order valence-corrected chi connectivity index (χ0v) is 13.1. The smallest absolute Gasteiger partial charge is 0.335 e. The van der Waals surface area contributed by atoms with Crippen molar-refractivity contribution in [2.75, 3.05) is 6.61 Å². The van der Waals surface area contributed by atoms with E-state index >= 15 is 0 Å². The Kier molecular flexibility index (Phi) is 8.25. The van der Waals surface area contributed by atoms with Crippen LogP contribution in [0.4, 0.5) is 0 Å². The maximum absolute atomic E-state index is 10.9. The molecule has 0 fully saturated rings. The summed E-state index contributed by atoms with van der Waals surface area (Å²) in [6.45, 7) is 4.66. The van der Waals surface area contributed by atoms with Crippen molar-refractivity contribution in [2.45, 2.75) is 52.4 Å². The molecule has 1 aromatic rings. The normalized spacial score (nSPS) is 11.0. The molecule has 116 valence electrons. The molecule has 0 saturated carbocycles. The summed E-state index contributed by atoms with van der Waals surface area (Å²) in [6.07, 6.45) is 11.5. The summed E-state index contributed by atoms with van der Waals surface area (Å²) in [7, 11) is 0. The van der Waals surface area contributed by atoms with Crippen LogP contribution in [0.2, 0.25) is 0 Å². The zero-order chi connectivity index (χ0) is 15.5. The van der Waals surface area contributed by atoms with Crippen molar-refractivity contribution in [3.05, 3.63) is 41.5 Å². The van der Waals surface area contributed by atoms with Crippen LogP contribution < -0.4 is 4.74 Å². The number of unbranched alkanes of at least 4 members (excludes halogenated alkanes) is 4. The summed E-state index contributed by atoms with van der Waals surface area (Å²) in [5.74, 6) is -0.156. The number of hydrogen-bond acceptors (Lipinski definition) is 2. The molecule has 21 heavy (non-hydrogen) atoms. The Labute approximate surface area is 127 Å². The minimum Gasteiger partial charge on any atom is -0.494 e. The van der Waals surface area contributed by atoms with Crippen molar-refractivity contribution in [2.24, 2.45) is 0 Å². The van der Waals surface area contributed by atoms with Gasteiger partial charge in [0.1, 0.15) is 5.75 Å². The first-order valence-corrected chi connectivity index (χ1v) is 7.77. The molecular formula is C18H26O3. The first-order chi connectivity index (χ1) is 10.1. The van der Waals surface area contributed by atoms with E-state index in [0.29, 0.717) is 12.2 Å². The van der Waals surface area contributed by atoms with E-state index in [0.717, 1.165) is 24.2 Å². The fourth-order valence-electron chi connectivity index (χ4n) is 2.10. The molecule has 0 aliphatic heterocycles. The molecule has 0 bridgehead atoms. The van der Waals surface area contributed by atoms with Crippen molar-refractivity contribution in [1.82, 2.24) is 0 Å². The van der Waals surface area contributed by atoms with Gasteiger partial charge in [0.05, 0.1) is 12.2 Å². The van der Waals surface area contributed by atoms with Gasteiger partial charge in [-0.1, -0.05) is 31.9 Å². The first-order valence-electron chi connectivity index (χ1n) is 7.77. The van der Waals surface area contributed by atoms with Crippen molar-refractivity contribution < 1.29 is 14.6 Å². The predicted octanol–water partition coefficient (Wildman–Crippen LogP) is 4.99. The molecular weight excluding hydrogens is 264 g/mol. The molecule has 1 aromatic carbocycles. The Balaban J connectivity index is 2.21. The molecule has 3 heteroatoms. The zero-order valence-electron chi connectivity index (χ0n) is 13.1. The number of carboxylic acid groups (broad SMARTS) is 1. The van der Waals surface area contributed by atoms with Gasteiger partial charge >= 0.3 is 5.97 Å². The number of carboxylic acids is 1. The minimum absolute atomic E-state index is 0.331. The van der Waals surface area contributed by atoms with Crippen LogP contribution in [0.15, 0.2) is 30.4 Å². The fraction of sp³-hybridized carbons (Fsp3) is 0.500. The number of ether oxygens (including phenoxy) is 1. The highest BCUT2D eigenvalue weighted by Gasteiger charge is 2.07. The van der Waals surface area contributed by atoms with Crippen LogP contribution in [-0.4, -0.2) is 17.7 Å². The minimum atomic E-state index is -0.896. The third-order valence-electron chi connectivity index (χ3n) is 3.35. The molecule has 1 rings (SSSR count). The second-order valence-electron chi connectivity index (χ2n) is 5.24. The number of benzene rings is 1. The van der Waals surface area contributed by atoms with Crippen LogP contribution in [-0.2, 0) is 0 Å². The second kappa shape index (κ2) is 10.0. The van der Waals surface area contributed by atoms with Gasteiger partial charge in [-0.15, -0.1) is 0 Å². The van der Waals surface area contributed by atoms with Gasteiger partial charge in [-0.25, -0.2) is 4.79 Å². The average molecular weight is 290 g/mol. The van der Waals surface area contributed by atoms with E-state index in [1.165, 1.54) is 25.7 Å². The molecule has 0 aromatic heterocycles. The van der Waals surface area contributed by atoms with Crippen molar-refractivity contribution in [3.63, 3.8) is 0 Å². The highest BCUT2D eigenvalue weighted by Crippen LogP contribution is 2.17. The lowest BCUT2D eigenvalue weighted by Crippen LogP contribution is -2.01. The van der Waals surface area contributed by atoms with E-state index < -0.39 is 5.97 Å². The molecule has 0 radical (unpaired) electrons. The predicted molar refractivity (Wildman–Crippen MR) is 86.1 cm³/mol. The van der Waals surface area contributed by atoms with Crippen LogP contribution in [0.25, 0.3) is 0 Å². The third kappa shape index (κ3) is 6.98. The maximum Gasteiger partial charge on any atom is 0.335 e. The van der Waals surface area contributed by atoms with Gasteiger partial charge in [-0.2, -0.15) is 0 Å². The van der Waals surface area contributed by atoms with Gasteiger partial charge in [0.2, 0.25) is 0 Å². The standard InChI is InChI=1S/C18H26O3/c1-3-4-5-6-7-8-9-10-13-21-16-11-12-17(18(19)20)15(2)14-16/h7-8,11-12,14H,3-6,9-10,13H2,1-2H3,(H,19,20)/b8-7+. The van der Waals surface area contributed by atoms with Crippen molar-refractivity contribution >= 4 is 5.97 Å². The molecule has 0 amide bonds. The lowest BCUT2D eigenvalue weighted by Gasteiger charge is -2.07. The van der Waals surface area contributed by atoms with Crippen LogP contribution in [0.5, 0.6) is 5.75 Å². The highest BCUT2D eigenvalue weighted by atomic mass is 16.5. The van der Waals surface area contributed by atoms with Crippen LogP contribution in [0, 0.1) is 6.92 Å². The number of carbonyl (C=O) groups is 1. The van der Waals surface area contributed by atoms with Crippen molar-refractivity contribution in [3.8, 4) is 5.75 Å². The van der Waals surface area contributed by atoms with Crippen LogP contribution in [0.1, 0.15) is 61.4 Å². The highest BCUT2D eigenvalue weighted by molar-refractivity contribution is 5.89. The van der Waals surface area contributed by atoms with Gasteiger partial charge < -0.3 is 9.84 Å². The Bertz CT molecular complexity index is 464. The number of hydrogen-bond donors (Lipinski definition) is 1. The molecule has 0 atom stereocenters. The Morgan fingerprint density at radius 3 is 2.52 bits per heavy atom. The Morgan fingerprint density at radius 2 is 1.90 bits per heavy atom. The van der Waals surface area contributed by atoms with E-state index in [2.05, 4.69) is 19.1 Å². The van der Waals surface area contributed by atoms with Gasteiger partial charge in [-0.05, 0) is 56.4 Å². The molecule has 0 aliphatic carbocycles. The van der Waals surface area contributed by atoms with E-state index in [9.17, 15) is 4.79 Å². The monoisotopic (exact) mass is 290 g/mol. The quantitative estimate of drug-likeness (QED) is 0.488. The number of allylic oxidation sites excluding steroid dienone is 2. The summed E-state index contributed by atoms with van der Waals surface area (Å²) in [5.41, 5.74) is 1.06. The summed E-state index contributed by atoms with van der Waals surface area (Å²) in [6, 6.07) is 5.10. The van der Waals surface area contributed by atoms with E-state index in [1.807, 2.05) is 0 Å². The maximum atomic E-state index is 10.9. The molecule has 0 aliphatic rings. The molecule has 0 unspecified atom stereocenters. The van der Waals surface area contributed by atoms with Gasteiger partial charge in [0, 0.05) is 0 Å². The van der Waals surface area contributed by atoms with Gasteiger partial charge in [0.25, 0.3) is 0 Å². The summed E-state index contributed by atoms with van der Waals surface area (Å²) < 4.78 is 5.64. The Morgan fingerprint density at radius 1 is 1.19 bits per heavy atom. The van der Waals surface area contributed by atoms with Gasteiger partial charge in [0.15, 0.2) is 0 Å². The number of rotatable bonds is 10. The Hall–Kier alpha value is -1.77. The first kappa shape index (κ1) is 17.3. The SMILES string of the molecule is CCCCC/C=C/CCCOc1ccc(C(=O)O)c(C)c1. The topological polar surface area (TPSA) is 46.5 Å². The molecule has 0 spiro atoms.